The number of anilines is 1. The molecule has 0 radical (unpaired) electrons. The number of fused-ring (bicyclic) bond motifs is 5. The molecule has 28 heteroatoms. The highest BCUT2D eigenvalue weighted by Gasteiger charge is 2.33. The summed E-state index contributed by atoms with van der Waals surface area (Å²) < 4.78 is 45.4. The van der Waals surface area contributed by atoms with Crippen LogP contribution in [0.1, 0.15) is 81.0 Å². The minimum Gasteiger partial charge on any atom is -0.454 e. The van der Waals surface area contributed by atoms with Gasteiger partial charge in [0.05, 0.1) is 35.8 Å². The normalized spacial score (nSPS) is 13.6. The minimum absolute atomic E-state index is 0.0351. The largest absolute Gasteiger partial charge is 0.454 e. The quantitative estimate of drug-likeness (QED) is 0.0434. The van der Waals surface area contributed by atoms with Crippen molar-refractivity contribution in [2.75, 3.05) is 25.6 Å². The summed E-state index contributed by atoms with van der Waals surface area (Å²) in [6.07, 6.45) is 3.33. The van der Waals surface area contributed by atoms with Crippen molar-refractivity contribution < 1.29 is 32.3 Å². The number of nitrogens with one attached hydrogen (secondary N) is 2. The highest BCUT2D eigenvalue weighted by atomic mass is 127. The predicted octanol–water partition coefficient (Wildman–Crippen LogP) is 6.65. The van der Waals surface area contributed by atoms with Crippen molar-refractivity contribution in [2.24, 2.45) is 4.99 Å². The number of benzene rings is 3. The number of hydrogen-bond donors (Lipinski definition) is 3. The van der Waals surface area contributed by atoms with Crippen LogP contribution in [0.3, 0.4) is 0 Å². The number of carbonyl (C=O) groups is 3. The van der Waals surface area contributed by atoms with E-state index in [0.717, 1.165) is 40.7 Å². The summed E-state index contributed by atoms with van der Waals surface area (Å²) in [7, 11) is -4.48. The van der Waals surface area contributed by atoms with Gasteiger partial charge < -0.3 is 30.4 Å². The van der Waals surface area contributed by atoms with Crippen LogP contribution in [-0.4, -0.2) is 105 Å². The fraction of sp³-hybridized carbons (Fsp3) is 0.280. The Bertz CT molecular complexity index is 3840. The number of hydrogen-bond acceptors (Lipinski definition) is 19. The summed E-state index contributed by atoms with van der Waals surface area (Å²) in [5.74, 6) is 1.18. The maximum Gasteiger partial charge on any atom is 0.267 e. The Kier molecular flexibility index (Phi) is 15.8. The van der Waals surface area contributed by atoms with E-state index in [-0.39, 0.29) is 67.9 Å². The lowest BCUT2D eigenvalue weighted by Gasteiger charge is -2.20. The third-order valence-corrected chi connectivity index (χ3v) is 18.3. The first kappa shape index (κ1) is 53.9. The number of imidazole rings is 1. The van der Waals surface area contributed by atoms with Gasteiger partial charge >= 0.3 is 0 Å². The molecule has 4 N–H and O–H groups in total. The van der Waals surface area contributed by atoms with Gasteiger partial charge in [0, 0.05) is 61.1 Å². The molecule has 0 unspecified atom stereocenters. The van der Waals surface area contributed by atoms with Gasteiger partial charge in [-0.2, -0.15) is 5.26 Å². The van der Waals surface area contributed by atoms with E-state index >= 15 is 0 Å². The van der Waals surface area contributed by atoms with Gasteiger partial charge in [-0.3, -0.25) is 28.6 Å². The highest BCUT2D eigenvalue weighted by Crippen LogP contribution is 2.43. The van der Waals surface area contributed by atoms with Crippen LogP contribution in [0.4, 0.5) is 5.82 Å². The van der Waals surface area contributed by atoms with Crippen LogP contribution in [0.25, 0.3) is 16.2 Å². The number of nitriles is 1. The van der Waals surface area contributed by atoms with Crippen LogP contribution in [0.15, 0.2) is 93.1 Å². The van der Waals surface area contributed by atoms with Gasteiger partial charge in [-0.05, 0) is 110 Å². The summed E-state index contributed by atoms with van der Waals surface area (Å²) in [6.45, 7) is 6.28. The molecular formula is C50H46ClIN16O7S3. The van der Waals surface area contributed by atoms with E-state index in [0.29, 0.717) is 67.5 Å². The molecular weight excluding hydrogens is 1200 g/mol. The zero-order valence-electron chi connectivity index (χ0n) is 41.8. The Labute approximate surface area is 472 Å². The zero-order chi connectivity index (χ0) is 54.8. The van der Waals surface area contributed by atoms with E-state index in [2.05, 4.69) is 77.5 Å². The molecule has 0 fully saturated rings. The number of nitrogens with two attached hydrogens (primary N) is 1. The predicted molar refractivity (Wildman–Crippen MR) is 296 cm³/mol. The summed E-state index contributed by atoms with van der Waals surface area (Å²) in [5, 5.41) is 34.6. The van der Waals surface area contributed by atoms with Crippen molar-refractivity contribution in [1.29, 1.82) is 5.26 Å². The molecule has 78 heavy (non-hydrogen) atoms. The van der Waals surface area contributed by atoms with Gasteiger partial charge in [-0.25, -0.2) is 27.7 Å². The van der Waals surface area contributed by atoms with E-state index in [1.807, 2.05) is 40.3 Å². The molecule has 400 valence electrons. The molecule has 0 saturated heterocycles. The fourth-order valence-electron chi connectivity index (χ4n) is 8.72. The summed E-state index contributed by atoms with van der Waals surface area (Å²) in [5.41, 5.74) is 11.4. The standard InChI is InChI=1S/C50H46ClIN16O7S3/c1-27-28(2)76-49-42(27)43(30-7-11-32(51)12-8-30)59-36(46-63-61-29(3)68(46)49)21-40(69)56-23-33-24-65(64-62-33)17-4-6-41(70)67(19-15-53)78(72,73)34-13-9-31(10-14-34)48(71)55-16-5-18-66-47-44(45(54)57-25-58-47)60-50(66)77-39-22-38-37(20-35(39)52)74-26-75-38/h7-14,20,22,24-25,36H,4-6,16-19,21,23,26H2,1-3H3,(H,55,71)(H,56,69)(H2,54,57,58)/t36-/m0/s1. The molecule has 0 aliphatic carbocycles. The third-order valence-electron chi connectivity index (χ3n) is 12.8. The second-order valence-electron chi connectivity index (χ2n) is 17.9. The average molecular weight is 1240 g/mol. The second-order valence-corrected chi connectivity index (χ2v) is 23.5. The number of halogens is 2. The molecule has 2 aliphatic heterocycles. The molecule has 0 bridgehead atoms. The van der Waals surface area contributed by atoms with Crippen LogP contribution in [0, 0.1) is 35.7 Å². The van der Waals surface area contributed by atoms with E-state index < -0.39 is 34.4 Å². The maximum absolute atomic E-state index is 13.8. The van der Waals surface area contributed by atoms with E-state index in [1.54, 1.807) is 35.7 Å². The van der Waals surface area contributed by atoms with Crippen molar-refractivity contribution in [3.63, 3.8) is 0 Å². The van der Waals surface area contributed by atoms with Crippen LogP contribution in [-0.2, 0) is 39.2 Å². The molecule has 0 saturated carbocycles. The van der Waals surface area contributed by atoms with Crippen LogP contribution in [0.2, 0.25) is 5.02 Å². The fourth-order valence-corrected chi connectivity index (χ4v) is 13.1. The molecule has 3 aromatic carbocycles. The number of nitrogens with zero attached hydrogens (tertiary/aromatic N) is 13. The van der Waals surface area contributed by atoms with E-state index in [9.17, 15) is 28.1 Å². The number of aromatic nitrogens is 10. The number of nitrogen functional groups attached to an aromatic ring is 1. The molecule has 1 atom stereocenters. The number of rotatable bonds is 19. The highest BCUT2D eigenvalue weighted by molar-refractivity contribution is 14.1. The van der Waals surface area contributed by atoms with E-state index in [4.69, 9.17) is 36.8 Å². The van der Waals surface area contributed by atoms with Gasteiger partial charge in [0.1, 0.15) is 35.4 Å². The molecule has 2 aliphatic rings. The van der Waals surface area contributed by atoms with Crippen molar-refractivity contribution in [1.82, 2.24) is 64.2 Å². The number of thiophene rings is 1. The number of amides is 3. The van der Waals surface area contributed by atoms with Crippen LogP contribution < -0.4 is 25.8 Å². The first-order chi connectivity index (χ1) is 37.6. The number of ether oxygens (including phenoxy) is 2. The first-order valence-corrected chi connectivity index (χ1v) is 28.7. The van der Waals surface area contributed by atoms with Crippen molar-refractivity contribution in [3.8, 4) is 22.6 Å². The smallest absolute Gasteiger partial charge is 0.267 e. The minimum atomic E-state index is -4.48. The van der Waals surface area contributed by atoms with Gasteiger partial charge in [0.25, 0.3) is 15.9 Å². The van der Waals surface area contributed by atoms with Crippen molar-refractivity contribution in [3.05, 3.63) is 126 Å². The zero-order valence-corrected chi connectivity index (χ0v) is 47.2. The summed E-state index contributed by atoms with van der Waals surface area (Å²) in [4.78, 5) is 60.4. The molecule has 7 heterocycles. The average Bonchev–Trinajstić information content (AvgIpc) is 4.27. The Balaban J connectivity index is 0.712. The SMILES string of the molecule is Cc1sc2c(c1C)C(c1ccc(Cl)cc1)=N[C@@H](CC(=O)NCc1cn(CCCC(=O)N(CC#N)S(=O)(=O)c3ccc(C(=O)NCCCn4c(Sc5cc6c(cc5I)OCO6)nc5c(N)ncnc54)cc3)nn1)c1nnc(C)n1-2. The summed E-state index contributed by atoms with van der Waals surface area (Å²) in [6, 6.07) is 17.4. The molecule has 8 aromatic rings. The van der Waals surface area contributed by atoms with E-state index in [1.165, 1.54) is 47.0 Å². The summed E-state index contributed by atoms with van der Waals surface area (Å²) >= 11 is 11.5. The second kappa shape index (κ2) is 22.8. The number of carbonyl (C=O) groups excluding carboxylic acids is 3. The Morgan fingerprint density at radius 2 is 1.77 bits per heavy atom. The third kappa shape index (κ3) is 11.1. The Hall–Kier alpha value is -7.52. The van der Waals surface area contributed by atoms with Gasteiger partial charge in [0.2, 0.25) is 18.6 Å². The van der Waals surface area contributed by atoms with Crippen molar-refractivity contribution >= 4 is 108 Å². The molecule has 3 amide bonds. The monoisotopic (exact) mass is 1240 g/mol. The van der Waals surface area contributed by atoms with Gasteiger partial charge in [0.15, 0.2) is 39.5 Å². The molecule has 10 rings (SSSR count). The lowest BCUT2D eigenvalue weighted by molar-refractivity contribution is -0.126. The van der Waals surface area contributed by atoms with Gasteiger partial charge in [-0.1, -0.05) is 40.7 Å². The molecule has 5 aromatic heterocycles. The van der Waals surface area contributed by atoms with Gasteiger partial charge in [-0.15, -0.1) is 26.6 Å². The number of aliphatic imine (C=N–C) groups is 1. The number of sulfonamides is 1. The van der Waals surface area contributed by atoms with Crippen LogP contribution >= 0.6 is 57.3 Å². The topological polar surface area (TPSA) is 298 Å². The molecule has 0 spiro atoms. The first-order valence-electron chi connectivity index (χ1n) is 24.1. The lowest BCUT2D eigenvalue weighted by atomic mass is 9.99. The van der Waals surface area contributed by atoms with Crippen molar-refractivity contribution in [2.45, 2.75) is 87.1 Å². The van der Waals surface area contributed by atoms with Crippen LogP contribution in [0.5, 0.6) is 11.5 Å². The Morgan fingerprint density at radius 1 is 1.00 bits per heavy atom. The molecule has 23 nitrogen and oxygen atoms in total. The number of aryl methyl sites for hydroxylation is 4. The Morgan fingerprint density at radius 3 is 2.54 bits per heavy atom. The lowest BCUT2D eigenvalue weighted by Crippen LogP contribution is -2.37. The maximum atomic E-state index is 13.8.